The topological polar surface area (TPSA) is 23.6 Å². The zero-order chi connectivity index (χ0) is 16.3. The first-order valence-corrected chi connectivity index (χ1v) is 7.14. The van der Waals surface area contributed by atoms with Crippen LogP contribution in [0.25, 0.3) is 0 Å². The summed E-state index contributed by atoms with van der Waals surface area (Å²) in [6, 6.07) is 4.52. The van der Waals surface area contributed by atoms with Crippen molar-refractivity contribution in [1.29, 1.82) is 0 Å². The van der Waals surface area contributed by atoms with E-state index in [1.165, 1.54) is 12.1 Å². The first-order valence-electron chi connectivity index (χ1n) is 7.14. The van der Waals surface area contributed by atoms with Gasteiger partial charge in [0, 0.05) is 44.0 Å². The number of anilines is 1. The number of nitrogens with zero attached hydrogens (tertiary/aromatic N) is 2. The Morgan fingerprint density at radius 3 is 2.45 bits per heavy atom. The van der Waals surface area contributed by atoms with E-state index in [9.17, 15) is 18.0 Å². The van der Waals surface area contributed by atoms with E-state index in [2.05, 4.69) is 11.5 Å². The second-order valence-electron chi connectivity index (χ2n) is 5.35. The van der Waals surface area contributed by atoms with E-state index in [-0.39, 0.29) is 5.56 Å². The van der Waals surface area contributed by atoms with E-state index < -0.39 is 12.0 Å². The Hall–Kier alpha value is -1.82. The molecule has 2 rings (SSSR count). The Morgan fingerprint density at radius 2 is 1.91 bits per heavy atom. The molecular formula is C16H19F3N2O. The van der Waals surface area contributed by atoms with E-state index >= 15 is 0 Å². The maximum Gasteiger partial charge on any atom is 0.454 e. The quantitative estimate of drug-likeness (QED) is 0.631. The van der Waals surface area contributed by atoms with Crippen molar-refractivity contribution in [3.63, 3.8) is 0 Å². The van der Waals surface area contributed by atoms with Gasteiger partial charge in [0.05, 0.1) is 0 Å². The van der Waals surface area contributed by atoms with Crippen molar-refractivity contribution in [1.82, 2.24) is 4.90 Å². The van der Waals surface area contributed by atoms with Crippen molar-refractivity contribution in [2.75, 3.05) is 37.6 Å². The molecule has 1 saturated heterocycles. The standard InChI is InChI=1S/C16H19F3N2O/c1-3-7-20-8-10-21(11-9-20)14-6-4-5-13(12(14)2)15(22)16(17,18)19/h3-6H,1,7-11H2,2H3. The summed E-state index contributed by atoms with van der Waals surface area (Å²) in [6.07, 6.45) is -3.00. The summed E-state index contributed by atoms with van der Waals surface area (Å²) in [5.41, 5.74) is 0.828. The maximum absolute atomic E-state index is 12.6. The highest BCUT2D eigenvalue weighted by Crippen LogP contribution is 2.29. The molecule has 0 N–H and O–H groups in total. The molecule has 1 heterocycles. The number of ketones is 1. The second-order valence-corrected chi connectivity index (χ2v) is 5.35. The molecule has 3 nitrogen and oxygen atoms in total. The Bertz CT molecular complexity index is 561. The summed E-state index contributed by atoms with van der Waals surface area (Å²) in [6.45, 7) is 9.17. The van der Waals surface area contributed by atoms with Crippen LogP contribution in [0, 0.1) is 6.92 Å². The van der Waals surface area contributed by atoms with Crippen molar-refractivity contribution in [3.8, 4) is 0 Å². The summed E-state index contributed by atoms with van der Waals surface area (Å²) in [7, 11) is 0. The minimum absolute atomic E-state index is 0.265. The Morgan fingerprint density at radius 1 is 1.27 bits per heavy atom. The third kappa shape index (κ3) is 3.50. The molecule has 1 fully saturated rings. The molecule has 0 aliphatic carbocycles. The molecule has 6 heteroatoms. The first kappa shape index (κ1) is 16.5. The highest BCUT2D eigenvalue weighted by atomic mass is 19.4. The van der Waals surface area contributed by atoms with Crippen LogP contribution in [0.4, 0.5) is 18.9 Å². The fourth-order valence-electron chi connectivity index (χ4n) is 2.72. The van der Waals surface area contributed by atoms with Crippen LogP contribution in [-0.2, 0) is 0 Å². The number of hydrogen-bond donors (Lipinski definition) is 0. The van der Waals surface area contributed by atoms with Crippen molar-refractivity contribution in [2.24, 2.45) is 0 Å². The first-order chi connectivity index (χ1) is 10.3. The maximum atomic E-state index is 12.6. The number of halogens is 3. The largest absolute Gasteiger partial charge is 0.454 e. The van der Waals surface area contributed by atoms with Crippen LogP contribution < -0.4 is 4.90 Å². The molecule has 1 aliphatic rings. The molecule has 1 aromatic rings. The lowest BCUT2D eigenvalue weighted by Gasteiger charge is -2.36. The van der Waals surface area contributed by atoms with Crippen LogP contribution in [0.1, 0.15) is 15.9 Å². The summed E-state index contributed by atoms with van der Waals surface area (Å²) in [5, 5.41) is 0. The van der Waals surface area contributed by atoms with Gasteiger partial charge in [-0.15, -0.1) is 6.58 Å². The van der Waals surface area contributed by atoms with Gasteiger partial charge in [0.25, 0.3) is 5.78 Å². The van der Waals surface area contributed by atoms with Gasteiger partial charge in [-0.05, 0) is 18.6 Å². The zero-order valence-electron chi connectivity index (χ0n) is 12.5. The van der Waals surface area contributed by atoms with Crippen LogP contribution in [-0.4, -0.2) is 49.6 Å². The van der Waals surface area contributed by atoms with E-state index in [1.807, 2.05) is 11.0 Å². The monoisotopic (exact) mass is 312 g/mol. The summed E-state index contributed by atoms with van der Waals surface area (Å²) >= 11 is 0. The zero-order valence-corrected chi connectivity index (χ0v) is 12.5. The normalized spacial score (nSPS) is 16.6. The van der Waals surface area contributed by atoms with Crippen LogP contribution in [0.3, 0.4) is 0 Å². The van der Waals surface area contributed by atoms with Gasteiger partial charge in [0.2, 0.25) is 0 Å². The molecule has 0 saturated carbocycles. The average molecular weight is 312 g/mol. The average Bonchev–Trinajstić information content (AvgIpc) is 2.47. The number of piperazine rings is 1. The summed E-state index contributed by atoms with van der Waals surface area (Å²) in [5.74, 6) is -1.78. The number of carbonyl (C=O) groups is 1. The van der Waals surface area contributed by atoms with Crippen molar-refractivity contribution >= 4 is 11.5 Å². The summed E-state index contributed by atoms with van der Waals surface area (Å²) < 4.78 is 37.9. The highest BCUT2D eigenvalue weighted by molar-refractivity contribution is 6.02. The number of rotatable bonds is 4. The van der Waals surface area contributed by atoms with Gasteiger partial charge < -0.3 is 4.90 Å². The van der Waals surface area contributed by atoms with Crippen molar-refractivity contribution < 1.29 is 18.0 Å². The van der Waals surface area contributed by atoms with Crippen LogP contribution in [0.15, 0.2) is 30.9 Å². The molecule has 0 bridgehead atoms. The number of benzene rings is 1. The molecule has 0 atom stereocenters. The third-order valence-electron chi connectivity index (χ3n) is 3.91. The van der Waals surface area contributed by atoms with Gasteiger partial charge in [-0.2, -0.15) is 13.2 Å². The van der Waals surface area contributed by atoms with Crippen LogP contribution >= 0.6 is 0 Å². The SMILES string of the molecule is C=CCN1CCN(c2cccc(C(=O)C(F)(F)F)c2C)CC1. The van der Waals surface area contributed by atoms with E-state index in [0.717, 1.165) is 32.7 Å². The van der Waals surface area contributed by atoms with Gasteiger partial charge >= 0.3 is 6.18 Å². The predicted octanol–water partition coefficient (Wildman–Crippen LogP) is 3.05. The van der Waals surface area contributed by atoms with Gasteiger partial charge in [-0.3, -0.25) is 9.69 Å². The molecule has 1 aliphatic heterocycles. The third-order valence-corrected chi connectivity index (χ3v) is 3.91. The number of Topliss-reactive ketones (excluding diaryl/α,β-unsaturated/α-hetero) is 1. The van der Waals surface area contributed by atoms with E-state index in [4.69, 9.17) is 0 Å². The van der Waals surface area contributed by atoms with Crippen molar-refractivity contribution in [3.05, 3.63) is 42.0 Å². The highest BCUT2D eigenvalue weighted by Gasteiger charge is 2.40. The Balaban J connectivity index is 2.20. The Kier molecular flexibility index (Phi) is 4.90. The lowest BCUT2D eigenvalue weighted by Crippen LogP contribution is -2.46. The lowest BCUT2D eigenvalue weighted by molar-refractivity contribution is -0.0885. The van der Waals surface area contributed by atoms with E-state index in [1.54, 1.807) is 13.0 Å². The smallest absolute Gasteiger partial charge is 0.369 e. The molecule has 22 heavy (non-hydrogen) atoms. The van der Waals surface area contributed by atoms with Crippen LogP contribution in [0.5, 0.6) is 0 Å². The predicted molar refractivity (Wildman–Crippen MR) is 80.4 cm³/mol. The van der Waals surface area contributed by atoms with Gasteiger partial charge in [0.1, 0.15) is 0 Å². The minimum Gasteiger partial charge on any atom is -0.369 e. The number of hydrogen-bond acceptors (Lipinski definition) is 3. The van der Waals surface area contributed by atoms with Crippen LogP contribution in [0.2, 0.25) is 0 Å². The molecule has 120 valence electrons. The molecule has 0 amide bonds. The molecule has 0 spiro atoms. The van der Waals surface area contributed by atoms with Gasteiger partial charge in [-0.25, -0.2) is 0 Å². The lowest BCUT2D eigenvalue weighted by atomic mass is 10.0. The number of carbonyl (C=O) groups excluding carboxylic acids is 1. The van der Waals surface area contributed by atoms with Gasteiger partial charge in [0.15, 0.2) is 0 Å². The van der Waals surface area contributed by atoms with Gasteiger partial charge in [-0.1, -0.05) is 18.2 Å². The molecule has 0 radical (unpaired) electrons. The molecule has 0 aromatic heterocycles. The number of alkyl halides is 3. The minimum atomic E-state index is -4.84. The Labute approximate surface area is 128 Å². The molecule has 1 aromatic carbocycles. The van der Waals surface area contributed by atoms with E-state index in [0.29, 0.717) is 11.3 Å². The molecular weight excluding hydrogens is 293 g/mol. The fraction of sp³-hybridized carbons (Fsp3) is 0.438. The second kappa shape index (κ2) is 6.52. The van der Waals surface area contributed by atoms with Crippen molar-refractivity contribution in [2.45, 2.75) is 13.1 Å². The molecule has 0 unspecified atom stereocenters. The summed E-state index contributed by atoms with van der Waals surface area (Å²) in [4.78, 5) is 15.8. The fourth-order valence-corrected chi connectivity index (χ4v) is 2.72.